The molecule has 0 saturated heterocycles. The van der Waals surface area contributed by atoms with Gasteiger partial charge in [0.15, 0.2) is 0 Å². The summed E-state index contributed by atoms with van der Waals surface area (Å²) in [6.07, 6.45) is 2.96. The molecule has 0 amide bonds. The van der Waals surface area contributed by atoms with Crippen molar-refractivity contribution in [1.82, 2.24) is 0 Å². The SMILES string of the molecule is Cc1cc(N)ccc1NCC1(O)CCC1. The van der Waals surface area contributed by atoms with Gasteiger partial charge < -0.3 is 16.2 Å². The first-order valence-corrected chi connectivity index (χ1v) is 5.41. The highest BCUT2D eigenvalue weighted by atomic mass is 16.3. The summed E-state index contributed by atoms with van der Waals surface area (Å²) in [4.78, 5) is 0. The highest BCUT2D eigenvalue weighted by Crippen LogP contribution is 2.32. The third kappa shape index (κ3) is 2.23. The number of nitrogen functional groups attached to an aromatic ring is 1. The molecule has 0 unspecified atom stereocenters. The van der Waals surface area contributed by atoms with Crippen molar-refractivity contribution >= 4 is 11.4 Å². The van der Waals surface area contributed by atoms with Crippen LogP contribution in [-0.4, -0.2) is 17.3 Å². The minimum Gasteiger partial charge on any atom is -0.399 e. The molecule has 1 aromatic rings. The van der Waals surface area contributed by atoms with Crippen molar-refractivity contribution in [1.29, 1.82) is 0 Å². The van der Waals surface area contributed by atoms with Crippen LogP contribution in [0.2, 0.25) is 0 Å². The maximum absolute atomic E-state index is 9.93. The van der Waals surface area contributed by atoms with Gasteiger partial charge in [-0.3, -0.25) is 0 Å². The summed E-state index contributed by atoms with van der Waals surface area (Å²) in [5.74, 6) is 0. The Hall–Kier alpha value is -1.22. The topological polar surface area (TPSA) is 58.3 Å². The summed E-state index contributed by atoms with van der Waals surface area (Å²) in [7, 11) is 0. The zero-order valence-electron chi connectivity index (χ0n) is 9.09. The molecule has 0 atom stereocenters. The molecule has 1 saturated carbocycles. The minimum absolute atomic E-state index is 0.478. The van der Waals surface area contributed by atoms with Crippen LogP contribution < -0.4 is 11.1 Å². The van der Waals surface area contributed by atoms with Gasteiger partial charge in [0.1, 0.15) is 0 Å². The van der Waals surface area contributed by atoms with Crippen LogP contribution in [0.3, 0.4) is 0 Å². The molecule has 0 radical (unpaired) electrons. The normalized spacial score (nSPS) is 18.3. The second-order valence-electron chi connectivity index (χ2n) is 4.51. The molecule has 2 rings (SSSR count). The van der Waals surface area contributed by atoms with Crippen molar-refractivity contribution in [3.63, 3.8) is 0 Å². The van der Waals surface area contributed by atoms with Gasteiger partial charge in [-0.15, -0.1) is 0 Å². The van der Waals surface area contributed by atoms with Crippen LogP contribution in [0, 0.1) is 6.92 Å². The fraction of sp³-hybridized carbons (Fsp3) is 0.500. The van der Waals surface area contributed by atoms with Crippen LogP contribution in [0.5, 0.6) is 0 Å². The molecular formula is C12H18N2O. The molecule has 1 aliphatic rings. The number of rotatable bonds is 3. The molecular weight excluding hydrogens is 188 g/mol. The van der Waals surface area contributed by atoms with Gasteiger partial charge in [-0.1, -0.05) is 0 Å². The maximum Gasteiger partial charge on any atom is 0.0819 e. The van der Waals surface area contributed by atoms with E-state index in [4.69, 9.17) is 5.73 Å². The fourth-order valence-electron chi connectivity index (χ4n) is 1.91. The van der Waals surface area contributed by atoms with E-state index in [0.717, 1.165) is 36.2 Å². The smallest absolute Gasteiger partial charge is 0.0819 e. The summed E-state index contributed by atoms with van der Waals surface area (Å²) >= 11 is 0. The van der Waals surface area contributed by atoms with Crippen molar-refractivity contribution in [3.8, 4) is 0 Å². The molecule has 3 heteroatoms. The summed E-state index contributed by atoms with van der Waals surface area (Å²) in [5, 5.41) is 13.2. The molecule has 1 aliphatic carbocycles. The Morgan fingerprint density at radius 2 is 2.20 bits per heavy atom. The monoisotopic (exact) mass is 206 g/mol. The zero-order valence-corrected chi connectivity index (χ0v) is 9.09. The fourth-order valence-corrected chi connectivity index (χ4v) is 1.91. The molecule has 1 fully saturated rings. The molecule has 0 spiro atoms. The Morgan fingerprint density at radius 1 is 1.47 bits per heavy atom. The van der Waals surface area contributed by atoms with E-state index in [1.165, 1.54) is 0 Å². The van der Waals surface area contributed by atoms with E-state index in [9.17, 15) is 5.11 Å². The highest BCUT2D eigenvalue weighted by molar-refractivity contribution is 5.57. The zero-order chi connectivity index (χ0) is 10.9. The lowest BCUT2D eigenvalue weighted by atomic mass is 9.80. The second-order valence-corrected chi connectivity index (χ2v) is 4.51. The molecule has 0 bridgehead atoms. The van der Waals surface area contributed by atoms with E-state index in [1.54, 1.807) is 0 Å². The van der Waals surface area contributed by atoms with Crippen LogP contribution in [-0.2, 0) is 0 Å². The first-order valence-electron chi connectivity index (χ1n) is 5.41. The highest BCUT2D eigenvalue weighted by Gasteiger charge is 2.33. The molecule has 15 heavy (non-hydrogen) atoms. The van der Waals surface area contributed by atoms with Crippen molar-refractivity contribution < 1.29 is 5.11 Å². The lowest BCUT2D eigenvalue weighted by molar-refractivity contribution is -0.0202. The molecule has 0 aromatic heterocycles. The van der Waals surface area contributed by atoms with Crippen molar-refractivity contribution in [2.45, 2.75) is 31.8 Å². The van der Waals surface area contributed by atoms with Crippen LogP contribution in [0.1, 0.15) is 24.8 Å². The Morgan fingerprint density at radius 3 is 2.73 bits per heavy atom. The van der Waals surface area contributed by atoms with E-state index >= 15 is 0 Å². The number of nitrogens with two attached hydrogens (primary N) is 1. The van der Waals surface area contributed by atoms with Crippen LogP contribution in [0.25, 0.3) is 0 Å². The Balaban J connectivity index is 1.98. The minimum atomic E-state index is -0.478. The molecule has 3 nitrogen and oxygen atoms in total. The lowest BCUT2D eigenvalue weighted by Crippen LogP contribution is -2.43. The summed E-state index contributed by atoms with van der Waals surface area (Å²) in [6, 6.07) is 5.78. The number of aliphatic hydroxyl groups is 1. The summed E-state index contributed by atoms with van der Waals surface area (Å²) in [5.41, 5.74) is 8.15. The standard InChI is InChI=1S/C12H18N2O/c1-9-7-10(13)3-4-11(9)14-8-12(15)5-2-6-12/h3-4,7,14-15H,2,5-6,8,13H2,1H3. The molecule has 4 N–H and O–H groups in total. The average molecular weight is 206 g/mol. The Labute approximate surface area is 90.3 Å². The molecule has 0 aliphatic heterocycles. The lowest BCUT2D eigenvalue weighted by Gasteiger charge is -2.37. The number of nitrogens with one attached hydrogen (secondary N) is 1. The number of anilines is 2. The van der Waals surface area contributed by atoms with Crippen LogP contribution in [0.4, 0.5) is 11.4 Å². The van der Waals surface area contributed by atoms with Gasteiger partial charge in [-0.25, -0.2) is 0 Å². The Kier molecular flexibility index (Phi) is 2.57. The van der Waals surface area contributed by atoms with E-state index < -0.39 is 5.60 Å². The largest absolute Gasteiger partial charge is 0.399 e. The predicted octanol–water partition coefficient (Wildman–Crippen LogP) is 1.90. The quantitative estimate of drug-likeness (QED) is 0.662. The summed E-state index contributed by atoms with van der Waals surface area (Å²) in [6.45, 7) is 2.65. The van der Waals surface area contributed by atoms with Crippen molar-refractivity contribution in [3.05, 3.63) is 23.8 Å². The maximum atomic E-state index is 9.93. The number of hydrogen-bond acceptors (Lipinski definition) is 3. The molecule has 1 aromatic carbocycles. The van der Waals surface area contributed by atoms with Crippen LogP contribution >= 0.6 is 0 Å². The van der Waals surface area contributed by atoms with E-state index in [0.29, 0.717) is 6.54 Å². The molecule has 82 valence electrons. The van der Waals surface area contributed by atoms with Gasteiger partial charge in [-0.05, 0) is 49.9 Å². The third-order valence-corrected chi connectivity index (χ3v) is 3.14. The van der Waals surface area contributed by atoms with Crippen LogP contribution in [0.15, 0.2) is 18.2 Å². The first-order chi connectivity index (χ1) is 7.09. The van der Waals surface area contributed by atoms with Crippen molar-refractivity contribution in [2.75, 3.05) is 17.6 Å². The third-order valence-electron chi connectivity index (χ3n) is 3.14. The average Bonchev–Trinajstić information content (AvgIpc) is 2.14. The van der Waals surface area contributed by atoms with Gasteiger partial charge in [0.05, 0.1) is 5.60 Å². The van der Waals surface area contributed by atoms with Gasteiger partial charge in [-0.2, -0.15) is 0 Å². The van der Waals surface area contributed by atoms with E-state index in [-0.39, 0.29) is 0 Å². The van der Waals surface area contributed by atoms with Crippen molar-refractivity contribution in [2.24, 2.45) is 0 Å². The van der Waals surface area contributed by atoms with Gasteiger partial charge >= 0.3 is 0 Å². The van der Waals surface area contributed by atoms with Gasteiger partial charge in [0, 0.05) is 17.9 Å². The number of benzene rings is 1. The number of hydrogen-bond donors (Lipinski definition) is 3. The molecule has 0 heterocycles. The summed E-state index contributed by atoms with van der Waals surface area (Å²) < 4.78 is 0. The predicted molar refractivity (Wildman–Crippen MR) is 62.9 cm³/mol. The van der Waals surface area contributed by atoms with Gasteiger partial charge in [0.2, 0.25) is 0 Å². The Bertz CT molecular complexity index is 359. The first kappa shape index (κ1) is 10.3. The second kappa shape index (κ2) is 3.74. The van der Waals surface area contributed by atoms with Gasteiger partial charge in [0.25, 0.3) is 0 Å². The van der Waals surface area contributed by atoms with E-state index in [1.807, 2.05) is 25.1 Å². The van der Waals surface area contributed by atoms with E-state index in [2.05, 4.69) is 5.32 Å². The number of aryl methyl sites for hydroxylation is 1.